The van der Waals surface area contributed by atoms with Gasteiger partial charge >= 0.3 is 0 Å². The molecule has 0 spiro atoms. The van der Waals surface area contributed by atoms with E-state index in [0.29, 0.717) is 33.4 Å². The summed E-state index contributed by atoms with van der Waals surface area (Å²) in [5.74, 6) is 0.0453. The number of rotatable bonds is 3. The zero-order chi connectivity index (χ0) is 18.0. The van der Waals surface area contributed by atoms with Gasteiger partial charge in [0.25, 0.3) is 0 Å². The minimum Gasteiger partial charge on any atom is -0.434 e. The quantitative estimate of drug-likeness (QED) is 0.674. The molecule has 2 N–H and O–H groups in total. The average Bonchev–Trinajstić information content (AvgIpc) is 3.00. The first-order chi connectivity index (χ1) is 11.9. The Kier molecular flexibility index (Phi) is 4.96. The molecule has 0 radical (unpaired) electrons. The molecule has 6 nitrogen and oxygen atoms in total. The van der Waals surface area contributed by atoms with Crippen molar-refractivity contribution in [3.05, 3.63) is 41.6 Å². The number of thiocarbonyl (C=S) groups is 1. The first kappa shape index (κ1) is 17.3. The van der Waals surface area contributed by atoms with Gasteiger partial charge in [0, 0.05) is 17.8 Å². The fourth-order valence-corrected chi connectivity index (χ4v) is 2.49. The Labute approximate surface area is 154 Å². The summed E-state index contributed by atoms with van der Waals surface area (Å²) in [6.07, 6.45) is 1.64. The van der Waals surface area contributed by atoms with Crippen molar-refractivity contribution in [3.63, 3.8) is 0 Å². The summed E-state index contributed by atoms with van der Waals surface area (Å²) < 4.78 is 5.70. The summed E-state index contributed by atoms with van der Waals surface area (Å²) in [5, 5.41) is 6.27. The summed E-state index contributed by atoms with van der Waals surface area (Å²) in [5.41, 5.74) is 2.34. The SMILES string of the molecule is CC(C)C(=O)NC(=S)Nc1ccc(Cl)c(-c2nc3ncccc3o2)c1. The number of benzene rings is 1. The fraction of sp³-hybridized carbons (Fsp3) is 0.176. The van der Waals surface area contributed by atoms with E-state index in [1.807, 2.05) is 0 Å². The van der Waals surface area contributed by atoms with E-state index in [1.54, 1.807) is 50.4 Å². The van der Waals surface area contributed by atoms with Gasteiger partial charge in [0.1, 0.15) is 0 Å². The summed E-state index contributed by atoms with van der Waals surface area (Å²) in [6, 6.07) is 8.76. The van der Waals surface area contributed by atoms with Gasteiger partial charge in [-0.1, -0.05) is 25.4 Å². The van der Waals surface area contributed by atoms with Crippen LogP contribution < -0.4 is 10.6 Å². The van der Waals surface area contributed by atoms with Gasteiger partial charge in [-0.3, -0.25) is 4.79 Å². The van der Waals surface area contributed by atoms with E-state index in [-0.39, 0.29) is 16.9 Å². The minimum absolute atomic E-state index is 0.156. The Morgan fingerprint density at radius 3 is 2.84 bits per heavy atom. The van der Waals surface area contributed by atoms with Crippen molar-refractivity contribution in [1.82, 2.24) is 15.3 Å². The van der Waals surface area contributed by atoms with Crippen molar-refractivity contribution >= 4 is 51.8 Å². The molecule has 0 aliphatic heterocycles. The predicted octanol–water partition coefficient (Wildman–Crippen LogP) is 4.01. The monoisotopic (exact) mass is 374 g/mol. The first-order valence-electron chi connectivity index (χ1n) is 7.57. The second kappa shape index (κ2) is 7.16. The highest BCUT2D eigenvalue weighted by atomic mass is 35.5. The standard InChI is InChI=1S/C17H15ClN4O2S/c1-9(2)15(23)22-17(25)20-10-5-6-12(18)11(8-10)16-21-14-13(24-16)4-3-7-19-14/h3-9H,1-2H3,(H2,20,22,23,25). The van der Waals surface area contributed by atoms with E-state index in [4.69, 9.17) is 28.2 Å². The number of halogens is 1. The number of nitrogens with one attached hydrogen (secondary N) is 2. The van der Waals surface area contributed by atoms with Crippen LogP contribution in [0.2, 0.25) is 5.02 Å². The Hall–Kier alpha value is -2.51. The van der Waals surface area contributed by atoms with Crippen LogP contribution in [0.5, 0.6) is 0 Å². The van der Waals surface area contributed by atoms with E-state index < -0.39 is 0 Å². The van der Waals surface area contributed by atoms with Crippen molar-refractivity contribution in [3.8, 4) is 11.5 Å². The van der Waals surface area contributed by atoms with E-state index in [2.05, 4.69) is 20.6 Å². The molecule has 3 aromatic rings. The largest absolute Gasteiger partial charge is 0.434 e. The third-order valence-electron chi connectivity index (χ3n) is 3.38. The molecule has 0 saturated carbocycles. The lowest BCUT2D eigenvalue weighted by molar-refractivity contribution is -0.122. The molecule has 0 fully saturated rings. The maximum Gasteiger partial charge on any atom is 0.230 e. The number of carbonyl (C=O) groups is 1. The number of hydrogen-bond acceptors (Lipinski definition) is 5. The molecule has 0 atom stereocenters. The normalized spacial score (nSPS) is 10.9. The number of fused-ring (bicyclic) bond motifs is 1. The first-order valence-corrected chi connectivity index (χ1v) is 8.36. The molecular formula is C17H15ClN4O2S. The molecule has 0 bridgehead atoms. The highest BCUT2D eigenvalue weighted by Gasteiger charge is 2.14. The van der Waals surface area contributed by atoms with Gasteiger partial charge < -0.3 is 15.1 Å². The van der Waals surface area contributed by atoms with Gasteiger partial charge in [-0.15, -0.1) is 0 Å². The van der Waals surface area contributed by atoms with Crippen molar-refractivity contribution in [2.24, 2.45) is 5.92 Å². The Balaban J connectivity index is 1.85. The van der Waals surface area contributed by atoms with Crippen LogP contribution >= 0.6 is 23.8 Å². The Morgan fingerprint density at radius 2 is 2.12 bits per heavy atom. The summed E-state index contributed by atoms with van der Waals surface area (Å²) in [6.45, 7) is 3.58. The van der Waals surface area contributed by atoms with E-state index >= 15 is 0 Å². The van der Waals surface area contributed by atoms with Crippen LogP contribution in [0.3, 0.4) is 0 Å². The number of aromatic nitrogens is 2. The van der Waals surface area contributed by atoms with Gasteiger partial charge in [0.15, 0.2) is 16.3 Å². The molecule has 1 amide bonds. The van der Waals surface area contributed by atoms with Crippen LogP contribution in [0.15, 0.2) is 40.9 Å². The van der Waals surface area contributed by atoms with Crippen molar-refractivity contribution in [2.75, 3.05) is 5.32 Å². The maximum atomic E-state index is 11.7. The highest BCUT2D eigenvalue weighted by molar-refractivity contribution is 7.80. The molecule has 1 aromatic carbocycles. The maximum absolute atomic E-state index is 11.7. The van der Waals surface area contributed by atoms with Gasteiger partial charge in [0.05, 0.1) is 10.6 Å². The summed E-state index contributed by atoms with van der Waals surface area (Å²) >= 11 is 11.4. The molecule has 3 rings (SSSR count). The minimum atomic E-state index is -0.159. The zero-order valence-electron chi connectivity index (χ0n) is 13.5. The van der Waals surface area contributed by atoms with Crippen LogP contribution in [0, 0.1) is 5.92 Å². The number of pyridine rings is 1. The third kappa shape index (κ3) is 3.94. The highest BCUT2D eigenvalue weighted by Crippen LogP contribution is 2.31. The number of oxazole rings is 1. The molecule has 25 heavy (non-hydrogen) atoms. The van der Waals surface area contributed by atoms with E-state index in [1.165, 1.54) is 0 Å². The van der Waals surface area contributed by atoms with Crippen LogP contribution in [0.4, 0.5) is 5.69 Å². The Bertz CT molecular complexity index is 922. The number of anilines is 1. The van der Waals surface area contributed by atoms with Gasteiger partial charge in [0.2, 0.25) is 11.8 Å². The number of carbonyl (C=O) groups excluding carboxylic acids is 1. The zero-order valence-corrected chi connectivity index (χ0v) is 15.1. The number of hydrogen-bond donors (Lipinski definition) is 2. The lowest BCUT2D eigenvalue weighted by Crippen LogP contribution is -2.36. The van der Waals surface area contributed by atoms with Gasteiger partial charge in [-0.25, -0.2) is 4.98 Å². The molecule has 2 heterocycles. The molecule has 0 aliphatic carbocycles. The predicted molar refractivity (Wildman–Crippen MR) is 101 cm³/mol. The summed E-state index contributed by atoms with van der Waals surface area (Å²) in [4.78, 5) is 20.2. The lowest BCUT2D eigenvalue weighted by atomic mass is 10.2. The number of nitrogens with zero attached hydrogens (tertiary/aromatic N) is 2. The Morgan fingerprint density at radius 1 is 1.32 bits per heavy atom. The second-order valence-corrected chi connectivity index (χ2v) is 6.45. The van der Waals surface area contributed by atoms with Crippen molar-refractivity contribution in [1.29, 1.82) is 0 Å². The average molecular weight is 375 g/mol. The molecule has 2 aromatic heterocycles. The van der Waals surface area contributed by atoms with Crippen LogP contribution in [-0.2, 0) is 4.79 Å². The lowest BCUT2D eigenvalue weighted by Gasteiger charge is -2.12. The summed E-state index contributed by atoms with van der Waals surface area (Å²) in [7, 11) is 0. The van der Waals surface area contributed by atoms with E-state index in [0.717, 1.165) is 0 Å². The third-order valence-corrected chi connectivity index (χ3v) is 3.91. The van der Waals surface area contributed by atoms with Gasteiger partial charge in [-0.05, 0) is 42.5 Å². The fourth-order valence-electron chi connectivity index (χ4n) is 2.07. The van der Waals surface area contributed by atoms with Crippen LogP contribution in [0.25, 0.3) is 22.7 Å². The van der Waals surface area contributed by atoms with Gasteiger partial charge in [-0.2, -0.15) is 4.98 Å². The smallest absolute Gasteiger partial charge is 0.230 e. The second-order valence-electron chi connectivity index (χ2n) is 5.64. The van der Waals surface area contributed by atoms with Crippen molar-refractivity contribution < 1.29 is 9.21 Å². The molecule has 0 saturated heterocycles. The topological polar surface area (TPSA) is 80.0 Å². The molecule has 128 valence electrons. The van der Waals surface area contributed by atoms with Crippen LogP contribution in [0.1, 0.15) is 13.8 Å². The number of amides is 1. The van der Waals surface area contributed by atoms with Crippen LogP contribution in [-0.4, -0.2) is 21.0 Å². The molecule has 8 heteroatoms. The van der Waals surface area contributed by atoms with E-state index in [9.17, 15) is 4.79 Å². The molecule has 0 aliphatic rings. The molecule has 0 unspecified atom stereocenters. The molecular weight excluding hydrogens is 360 g/mol. The van der Waals surface area contributed by atoms with Crippen molar-refractivity contribution in [2.45, 2.75) is 13.8 Å².